The van der Waals surface area contributed by atoms with Crippen LogP contribution < -0.4 is 5.32 Å². The summed E-state index contributed by atoms with van der Waals surface area (Å²) in [6.45, 7) is 2.09. The van der Waals surface area contributed by atoms with Crippen molar-refractivity contribution in [3.8, 4) is 11.1 Å². The van der Waals surface area contributed by atoms with E-state index in [1.54, 1.807) is 6.20 Å². The molecule has 0 bridgehead atoms. The van der Waals surface area contributed by atoms with E-state index in [0.29, 0.717) is 0 Å². The summed E-state index contributed by atoms with van der Waals surface area (Å²) in [7, 11) is 1.93. The molecule has 0 aliphatic carbocycles. The third kappa shape index (κ3) is 2.65. The molecule has 1 atom stereocenters. The Hall–Kier alpha value is -1.38. The van der Waals surface area contributed by atoms with Crippen molar-refractivity contribution in [3.05, 3.63) is 53.3 Å². The van der Waals surface area contributed by atoms with Crippen molar-refractivity contribution < 1.29 is 0 Å². The average Bonchev–Trinajstić information content (AvgIpc) is 2.39. The Balaban J connectivity index is 2.38. The molecule has 2 aromatic rings. The summed E-state index contributed by atoms with van der Waals surface area (Å²) >= 11 is 6.29. The minimum Gasteiger partial charge on any atom is -0.313 e. The fourth-order valence-corrected chi connectivity index (χ4v) is 2.09. The van der Waals surface area contributed by atoms with Gasteiger partial charge in [-0.05, 0) is 37.2 Å². The fraction of sp³-hybridized carbons (Fsp3) is 0.214. The largest absolute Gasteiger partial charge is 0.313 e. The number of halogens is 1. The van der Waals surface area contributed by atoms with Crippen molar-refractivity contribution in [2.75, 3.05) is 7.05 Å². The molecule has 1 aromatic carbocycles. The van der Waals surface area contributed by atoms with Gasteiger partial charge in [0.25, 0.3) is 0 Å². The molecule has 88 valence electrons. The monoisotopic (exact) mass is 246 g/mol. The van der Waals surface area contributed by atoms with Crippen molar-refractivity contribution in [3.63, 3.8) is 0 Å². The lowest BCUT2D eigenvalue weighted by molar-refractivity contribution is 0.652. The molecular weight excluding hydrogens is 232 g/mol. The second-order valence-corrected chi connectivity index (χ2v) is 4.40. The number of hydrogen-bond donors (Lipinski definition) is 1. The second kappa shape index (κ2) is 5.30. The maximum absolute atomic E-state index is 6.29. The minimum atomic E-state index is 0.255. The SMILES string of the molecule is CNC(C)c1ccc(-c2cccnc2)cc1Cl. The first-order chi connectivity index (χ1) is 8.22. The molecule has 3 heteroatoms. The molecule has 1 heterocycles. The van der Waals surface area contributed by atoms with Crippen LogP contribution in [0.4, 0.5) is 0 Å². The second-order valence-electron chi connectivity index (χ2n) is 3.99. The van der Waals surface area contributed by atoms with E-state index in [9.17, 15) is 0 Å². The van der Waals surface area contributed by atoms with Gasteiger partial charge in [0.2, 0.25) is 0 Å². The first kappa shape index (κ1) is 12.1. The van der Waals surface area contributed by atoms with Gasteiger partial charge in [-0.2, -0.15) is 0 Å². The molecule has 0 aliphatic heterocycles. The van der Waals surface area contributed by atoms with E-state index < -0.39 is 0 Å². The number of hydrogen-bond acceptors (Lipinski definition) is 2. The van der Waals surface area contributed by atoms with Crippen molar-refractivity contribution in [1.82, 2.24) is 10.3 Å². The first-order valence-corrected chi connectivity index (χ1v) is 5.97. The van der Waals surface area contributed by atoms with Crippen molar-refractivity contribution in [2.45, 2.75) is 13.0 Å². The lowest BCUT2D eigenvalue weighted by Gasteiger charge is -2.13. The summed E-state index contributed by atoms with van der Waals surface area (Å²) in [4.78, 5) is 4.11. The Morgan fingerprint density at radius 2 is 2.06 bits per heavy atom. The molecule has 1 unspecified atom stereocenters. The fourth-order valence-electron chi connectivity index (χ4n) is 1.75. The van der Waals surface area contributed by atoms with Crippen LogP contribution in [0.1, 0.15) is 18.5 Å². The number of rotatable bonds is 3. The van der Waals surface area contributed by atoms with Crippen molar-refractivity contribution >= 4 is 11.6 Å². The highest BCUT2D eigenvalue weighted by Crippen LogP contribution is 2.28. The molecule has 0 radical (unpaired) electrons. The van der Waals surface area contributed by atoms with Gasteiger partial charge in [0.15, 0.2) is 0 Å². The van der Waals surface area contributed by atoms with Crippen molar-refractivity contribution in [2.24, 2.45) is 0 Å². The number of aromatic nitrogens is 1. The Kier molecular flexibility index (Phi) is 3.77. The number of nitrogens with one attached hydrogen (secondary N) is 1. The predicted molar refractivity (Wildman–Crippen MR) is 72.2 cm³/mol. The molecular formula is C14H15ClN2. The van der Waals surface area contributed by atoms with Crippen LogP contribution in [0, 0.1) is 0 Å². The van der Waals surface area contributed by atoms with Crippen LogP contribution in [-0.2, 0) is 0 Å². The van der Waals surface area contributed by atoms with E-state index >= 15 is 0 Å². The molecule has 0 saturated heterocycles. The number of benzene rings is 1. The third-order valence-corrected chi connectivity index (χ3v) is 3.22. The zero-order valence-electron chi connectivity index (χ0n) is 9.94. The molecule has 0 aliphatic rings. The summed E-state index contributed by atoms with van der Waals surface area (Å²) in [5.74, 6) is 0. The molecule has 1 N–H and O–H groups in total. The summed E-state index contributed by atoms with van der Waals surface area (Å²) in [5, 5.41) is 3.97. The molecule has 2 rings (SSSR count). The Morgan fingerprint density at radius 1 is 1.24 bits per heavy atom. The maximum atomic E-state index is 6.29. The van der Waals surface area contributed by atoms with Gasteiger partial charge < -0.3 is 5.32 Å². The van der Waals surface area contributed by atoms with Gasteiger partial charge in [-0.15, -0.1) is 0 Å². The van der Waals surface area contributed by atoms with E-state index in [0.717, 1.165) is 21.7 Å². The average molecular weight is 247 g/mol. The zero-order valence-corrected chi connectivity index (χ0v) is 10.7. The number of pyridine rings is 1. The lowest BCUT2D eigenvalue weighted by Crippen LogP contribution is -2.12. The molecule has 17 heavy (non-hydrogen) atoms. The smallest absolute Gasteiger partial charge is 0.0459 e. The van der Waals surface area contributed by atoms with Gasteiger partial charge >= 0.3 is 0 Å². The molecule has 0 spiro atoms. The van der Waals surface area contributed by atoms with Crippen LogP contribution in [0.5, 0.6) is 0 Å². The molecule has 2 nitrogen and oxygen atoms in total. The van der Waals surface area contributed by atoms with E-state index in [4.69, 9.17) is 11.6 Å². The molecule has 1 aromatic heterocycles. The Labute approximate surface area is 107 Å². The van der Waals surface area contributed by atoms with E-state index in [-0.39, 0.29) is 6.04 Å². The van der Waals surface area contributed by atoms with Gasteiger partial charge in [-0.3, -0.25) is 4.98 Å². The number of nitrogens with zero attached hydrogens (tertiary/aromatic N) is 1. The lowest BCUT2D eigenvalue weighted by atomic mass is 10.0. The normalized spacial score (nSPS) is 12.4. The molecule has 0 saturated carbocycles. The van der Waals surface area contributed by atoms with E-state index in [1.807, 2.05) is 31.4 Å². The topological polar surface area (TPSA) is 24.9 Å². The van der Waals surface area contributed by atoms with Gasteiger partial charge in [-0.1, -0.05) is 29.8 Å². The highest BCUT2D eigenvalue weighted by molar-refractivity contribution is 6.31. The summed E-state index contributed by atoms with van der Waals surface area (Å²) in [5.41, 5.74) is 3.29. The van der Waals surface area contributed by atoms with Crippen LogP contribution in [0.15, 0.2) is 42.7 Å². The van der Waals surface area contributed by atoms with Crippen LogP contribution in [-0.4, -0.2) is 12.0 Å². The first-order valence-electron chi connectivity index (χ1n) is 5.59. The van der Waals surface area contributed by atoms with E-state index in [1.165, 1.54) is 0 Å². The van der Waals surface area contributed by atoms with Gasteiger partial charge in [0, 0.05) is 29.0 Å². The van der Waals surface area contributed by atoms with Gasteiger partial charge in [0.05, 0.1) is 0 Å². The molecule has 0 fully saturated rings. The summed E-state index contributed by atoms with van der Waals surface area (Å²) < 4.78 is 0. The van der Waals surface area contributed by atoms with Crippen LogP contribution in [0.3, 0.4) is 0 Å². The summed E-state index contributed by atoms with van der Waals surface area (Å²) in [6.07, 6.45) is 3.61. The van der Waals surface area contributed by atoms with E-state index in [2.05, 4.69) is 29.4 Å². The van der Waals surface area contributed by atoms with Gasteiger partial charge in [-0.25, -0.2) is 0 Å². The maximum Gasteiger partial charge on any atom is 0.0459 e. The third-order valence-electron chi connectivity index (χ3n) is 2.89. The highest BCUT2D eigenvalue weighted by atomic mass is 35.5. The Morgan fingerprint density at radius 3 is 2.65 bits per heavy atom. The van der Waals surface area contributed by atoms with Crippen LogP contribution in [0.25, 0.3) is 11.1 Å². The predicted octanol–water partition coefficient (Wildman–Crippen LogP) is 3.68. The molecule has 0 amide bonds. The standard InChI is InChI=1S/C14H15ClN2/c1-10(16-2)13-6-5-11(8-14(13)15)12-4-3-7-17-9-12/h3-10,16H,1-2H3. The minimum absolute atomic E-state index is 0.255. The van der Waals surface area contributed by atoms with Crippen molar-refractivity contribution in [1.29, 1.82) is 0 Å². The Bertz CT molecular complexity index is 497. The summed E-state index contributed by atoms with van der Waals surface area (Å²) in [6, 6.07) is 10.3. The highest BCUT2D eigenvalue weighted by Gasteiger charge is 2.08. The van der Waals surface area contributed by atoms with Crippen LogP contribution in [0.2, 0.25) is 5.02 Å². The van der Waals surface area contributed by atoms with Gasteiger partial charge in [0.1, 0.15) is 0 Å². The quantitative estimate of drug-likeness (QED) is 0.894. The van der Waals surface area contributed by atoms with Crippen LogP contribution >= 0.6 is 11.6 Å². The zero-order chi connectivity index (χ0) is 12.3.